The number of nitrogens with zero attached hydrogens (tertiary/aromatic N) is 3. The second-order valence-corrected chi connectivity index (χ2v) is 7.16. The van der Waals surface area contributed by atoms with Crippen molar-refractivity contribution in [2.24, 2.45) is 5.92 Å². The molecule has 0 atom stereocenters. The number of carbonyl (C=O) groups is 1. The van der Waals surface area contributed by atoms with Crippen LogP contribution in [-0.4, -0.2) is 33.4 Å². The highest BCUT2D eigenvalue weighted by atomic mass is 19.4. The third kappa shape index (κ3) is 3.61. The van der Waals surface area contributed by atoms with Crippen molar-refractivity contribution in [3.8, 4) is 0 Å². The molecule has 146 valence electrons. The summed E-state index contributed by atoms with van der Waals surface area (Å²) in [4.78, 5) is 18.6. The Bertz CT molecular complexity index is 988. The molecule has 1 aliphatic rings. The summed E-state index contributed by atoms with van der Waals surface area (Å²) >= 11 is 0. The summed E-state index contributed by atoms with van der Waals surface area (Å²) in [6.45, 7) is 1.71. The van der Waals surface area contributed by atoms with Crippen LogP contribution in [0.2, 0.25) is 0 Å². The second-order valence-electron chi connectivity index (χ2n) is 7.16. The summed E-state index contributed by atoms with van der Waals surface area (Å²) in [5, 5.41) is 0. The predicted molar refractivity (Wildman–Crippen MR) is 99.8 cm³/mol. The van der Waals surface area contributed by atoms with E-state index in [1.807, 2.05) is 30.6 Å². The number of hydrogen-bond acceptors (Lipinski definition) is 2. The molecule has 4 rings (SSSR count). The van der Waals surface area contributed by atoms with Crippen molar-refractivity contribution < 1.29 is 18.0 Å². The Morgan fingerprint density at radius 2 is 1.71 bits per heavy atom. The van der Waals surface area contributed by atoms with Gasteiger partial charge in [0, 0.05) is 19.6 Å². The zero-order valence-electron chi connectivity index (χ0n) is 15.2. The van der Waals surface area contributed by atoms with E-state index in [9.17, 15) is 18.0 Å². The summed E-state index contributed by atoms with van der Waals surface area (Å²) in [5.41, 5.74) is 0.875. The van der Waals surface area contributed by atoms with Gasteiger partial charge in [-0.2, -0.15) is 13.2 Å². The number of amides is 1. The number of hydrogen-bond donors (Lipinski definition) is 0. The van der Waals surface area contributed by atoms with Crippen molar-refractivity contribution in [3.63, 3.8) is 0 Å². The third-order valence-electron chi connectivity index (χ3n) is 5.35. The molecule has 1 aromatic heterocycles. The van der Waals surface area contributed by atoms with Crippen LogP contribution >= 0.6 is 0 Å². The van der Waals surface area contributed by atoms with Crippen molar-refractivity contribution in [3.05, 3.63) is 66.0 Å². The van der Waals surface area contributed by atoms with Crippen molar-refractivity contribution in [1.82, 2.24) is 14.5 Å². The SMILES string of the molecule is O=C(c1ccccc1C(F)(F)F)N1CCC(Cn2cnc3ccccc32)CC1. The van der Waals surface area contributed by atoms with Crippen LogP contribution in [0, 0.1) is 5.92 Å². The van der Waals surface area contributed by atoms with Crippen LogP contribution in [0.4, 0.5) is 13.2 Å². The van der Waals surface area contributed by atoms with Gasteiger partial charge >= 0.3 is 6.18 Å². The fraction of sp³-hybridized carbons (Fsp3) is 0.333. The average molecular weight is 387 g/mol. The topological polar surface area (TPSA) is 38.1 Å². The molecule has 1 aliphatic heterocycles. The molecule has 1 fully saturated rings. The molecule has 0 aliphatic carbocycles. The van der Waals surface area contributed by atoms with Gasteiger partial charge in [0.25, 0.3) is 5.91 Å². The molecular formula is C21H20F3N3O. The van der Waals surface area contributed by atoms with Crippen LogP contribution in [0.1, 0.15) is 28.8 Å². The summed E-state index contributed by atoms with van der Waals surface area (Å²) in [7, 11) is 0. The molecule has 2 aromatic carbocycles. The largest absolute Gasteiger partial charge is 0.417 e. The first-order chi connectivity index (χ1) is 13.4. The van der Waals surface area contributed by atoms with Gasteiger partial charge in [-0.15, -0.1) is 0 Å². The Balaban J connectivity index is 1.43. The van der Waals surface area contributed by atoms with Crippen molar-refractivity contribution in [1.29, 1.82) is 0 Å². The van der Waals surface area contributed by atoms with Gasteiger partial charge < -0.3 is 9.47 Å². The first kappa shape index (κ1) is 18.5. The van der Waals surface area contributed by atoms with Crippen LogP contribution in [0.3, 0.4) is 0 Å². The van der Waals surface area contributed by atoms with Crippen LogP contribution in [0.15, 0.2) is 54.9 Å². The predicted octanol–water partition coefficient (Wildman–Crippen LogP) is 4.61. The van der Waals surface area contributed by atoms with Gasteiger partial charge in [0.2, 0.25) is 0 Å². The van der Waals surface area contributed by atoms with Gasteiger partial charge in [0.1, 0.15) is 0 Å². The Labute approximate surface area is 160 Å². The Morgan fingerprint density at radius 1 is 1.04 bits per heavy atom. The number of piperidine rings is 1. The van der Waals surface area contributed by atoms with Crippen LogP contribution in [0.5, 0.6) is 0 Å². The lowest BCUT2D eigenvalue weighted by Crippen LogP contribution is -2.40. The van der Waals surface area contributed by atoms with Gasteiger partial charge in [0.05, 0.1) is 28.5 Å². The number of para-hydroxylation sites is 2. The molecule has 7 heteroatoms. The number of alkyl halides is 3. The first-order valence-electron chi connectivity index (χ1n) is 9.29. The van der Waals surface area contributed by atoms with Crippen molar-refractivity contribution in [2.45, 2.75) is 25.6 Å². The van der Waals surface area contributed by atoms with Gasteiger partial charge in [0.15, 0.2) is 0 Å². The monoisotopic (exact) mass is 387 g/mol. The lowest BCUT2D eigenvalue weighted by Gasteiger charge is -2.32. The fourth-order valence-electron chi connectivity index (χ4n) is 3.84. The Morgan fingerprint density at radius 3 is 2.46 bits per heavy atom. The lowest BCUT2D eigenvalue weighted by molar-refractivity contribution is -0.138. The Kier molecular flexibility index (Phi) is 4.83. The van der Waals surface area contributed by atoms with Crippen LogP contribution in [0.25, 0.3) is 11.0 Å². The summed E-state index contributed by atoms with van der Waals surface area (Å²) in [5.74, 6) is -0.182. The van der Waals surface area contributed by atoms with E-state index in [2.05, 4.69) is 9.55 Å². The van der Waals surface area contributed by atoms with Gasteiger partial charge in [-0.25, -0.2) is 4.98 Å². The maximum Gasteiger partial charge on any atom is 0.417 e. The zero-order valence-corrected chi connectivity index (χ0v) is 15.2. The molecule has 0 spiro atoms. The molecule has 0 radical (unpaired) electrons. The highest BCUT2D eigenvalue weighted by Crippen LogP contribution is 2.33. The minimum absolute atomic E-state index is 0.269. The van der Waals surface area contributed by atoms with Crippen LogP contribution in [-0.2, 0) is 12.7 Å². The van der Waals surface area contributed by atoms with E-state index in [0.717, 1.165) is 36.5 Å². The number of aromatic nitrogens is 2. The highest BCUT2D eigenvalue weighted by molar-refractivity contribution is 5.96. The number of imidazole rings is 1. The van der Waals surface area contributed by atoms with E-state index >= 15 is 0 Å². The number of rotatable bonds is 3. The first-order valence-corrected chi connectivity index (χ1v) is 9.29. The van der Waals surface area contributed by atoms with E-state index in [1.54, 1.807) is 0 Å². The molecule has 0 unspecified atom stereocenters. The summed E-state index contributed by atoms with van der Waals surface area (Å²) < 4.78 is 41.7. The van der Waals surface area contributed by atoms with Crippen molar-refractivity contribution >= 4 is 16.9 Å². The highest BCUT2D eigenvalue weighted by Gasteiger charge is 2.36. The van der Waals surface area contributed by atoms with E-state index < -0.39 is 17.6 Å². The Hall–Kier alpha value is -2.83. The average Bonchev–Trinajstić information content (AvgIpc) is 3.10. The molecule has 0 bridgehead atoms. The summed E-state index contributed by atoms with van der Waals surface area (Å²) in [6.07, 6.45) is -1.20. The minimum Gasteiger partial charge on any atom is -0.339 e. The van der Waals surface area contributed by atoms with Crippen molar-refractivity contribution in [2.75, 3.05) is 13.1 Å². The molecule has 0 saturated carbocycles. The minimum atomic E-state index is -4.53. The number of benzene rings is 2. The maximum absolute atomic E-state index is 13.2. The van der Waals surface area contributed by atoms with Gasteiger partial charge in [-0.3, -0.25) is 4.79 Å². The molecule has 1 saturated heterocycles. The summed E-state index contributed by atoms with van der Waals surface area (Å²) in [6, 6.07) is 12.9. The zero-order chi connectivity index (χ0) is 19.7. The third-order valence-corrected chi connectivity index (χ3v) is 5.35. The standard InChI is InChI=1S/C21H20F3N3O/c22-21(23,24)17-6-2-1-5-16(17)20(28)26-11-9-15(10-12-26)13-27-14-25-18-7-3-4-8-19(18)27/h1-8,14-15H,9-13H2. The van der Waals surface area contributed by atoms with E-state index in [-0.39, 0.29) is 5.56 Å². The van der Waals surface area contributed by atoms with Crippen LogP contribution < -0.4 is 0 Å². The molecule has 0 N–H and O–H groups in total. The van der Waals surface area contributed by atoms with E-state index in [0.29, 0.717) is 19.0 Å². The normalized spacial score (nSPS) is 15.9. The van der Waals surface area contributed by atoms with Gasteiger partial charge in [-0.05, 0) is 43.0 Å². The van der Waals surface area contributed by atoms with Gasteiger partial charge in [-0.1, -0.05) is 24.3 Å². The molecule has 1 amide bonds. The van der Waals surface area contributed by atoms with E-state index in [1.165, 1.54) is 23.1 Å². The fourth-order valence-corrected chi connectivity index (χ4v) is 3.84. The molecule has 4 nitrogen and oxygen atoms in total. The lowest BCUT2D eigenvalue weighted by atomic mass is 9.95. The second kappa shape index (κ2) is 7.30. The number of likely N-dealkylation sites (tertiary alicyclic amines) is 1. The quantitative estimate of drug-likeness (QED) is 0.658. The molecule has 2 heterocycles. The number of halogens is 3. The molecule has 28 heavy (non-hydrogen) atoms. The van der Waals surface area contributed by atoms with E-state index in [4.69, 9.17) is 0 Å². The number of fused-ring (bicyclic) bond motifs is 1. The maximum atomic E-state index is 13.2. The number of carbonyl (C=O) groups excluding carboxylic acids is 1. The smallest absolute Gasteiger partial charge is 0.339 e. The molecular weight excluding hydrogens is 367 g/mol. The molecule has 3 aromatic rings.